The summed E-state index contributed by atoms with van der Waals surface area (Å²) in [6.45, 7) is 5.56. The Kier molecular flexibility index (Phi) is 3.18. The monoisotopic (exact) mass is 200 g/mol. The van der Waals surface area contributed by atoms with Crippen molar-refractivity contribution < 1.29 is 0 Å². The quantitative estimate of drug-likeness (QED) is 0.704. The number of hydrogen-bond donors (Lipinski definition) is 2. The highest BCUT2D eigenvalue weighted by molar-refractivity contribution is 7.71. The van der Waals surface area contributed by atoms with Crippen molar-refractivity contribution in [1.82, 2.24) is 15.0 Å². The van der Waals surface area contributed by atoms with E-state index in [-0.39, 0.29) is 10.5 Å². The van der Waals surface area contributed by atoms with Gasteiger partial charge in [0.15, 0.2) is 0 Å². The van der Waals surface area contributed by atoms with Gasteiger partial charge in [-0.1, -0.05) is 0 Å². The number of nitrogens with one attached hydrogen (secondary N) is 2. The van der Waals surface area contributed by atoms with Crippen LogP contribution in [0.2, 0.25) is 0 Å². The molecule has 0 aromatic carbocycles. The minimum Gasteiger partial charge on any atom is -0.343 e. The molecule has 72 valence electrons. The summed E-state index contributed by atoms with van der Waals surface area (Å²) in [5, 5.41) is 0. The van der Waals surface area contributed by atoms with Crippen molar-refractivity contribution in [2.45, 2.75) is 13.8 Å². The van der Waals surface area contributed by atoms with E-state index in [9.17, 15) is 4.79 Å². The second kappa shape index (κ2) is 4.18. The molecule has 0 unspecified atom stereocenters. The van der Waals surface area contributed by atoms with E-state index >= 15 is 0 Å². The maximum Gasteiger partial charge on any atom is 0.327 e. The minimum absolute atomic E-state index is 0.214. The first-order valence-electron chi connectivity index (χ1n) is 4.13. The van der Waals surface area contributed by atoms with Crippen LogP contribution in [-0.4, -0.2) is 28.0 Å². The number of aromatic amines is 2. The molecule has 0 radical (unpaired) electrons. The van der Waals surface area contributed by atoms with Crippen LogP contribution in [-0.2, 0) is 0 Å². The van der Waals surface area contributed by atoms with Crippen molar-refractivity contribution in [1.29, 1.82) is 0 Å². The molecule has 1 aromatic heterocycles. The normalized spacial score (nSPS) is 10.0. The van der Waals surface area contributed by atoms with E-state index in [0.717, 1.165) is 13.1 Å². The Bertz CT molecular complexity index is 350. The van der Waals surface area contributed by atoms with Crippen LogP contribution >= 0.6 is 12.2 Å². The van der Waals surface area contributed by atoms with Gasteiger partial charge in [0.2, 0.25) is 10.7 Å². The zero-order valence-electron chi connectivity index (χ0n) is 7.63. The molecule has 0 bridgehead atoms. The van der Waals surface area contributed by atoms with Crippen LogP contribution in [0.3, 0.4) is 0 Å². The van der Waals surface area contributed by atoms with Crippen molar-refractivity contribution in [3.63, 3.8) is 0 Å². The molecule has 1 heterocycles. The molecule has 1 rings (SSSR count). The predicted molar refractivity (Wildman–Crippen MR) is 53.6 cm³/mol. The smallest absolute Gasteiger partial charge is 0.327 e. The molecule has 0 saturated heterocycles. The van der Waals surface area contributed by atoms with Crippen LogP contribution in [0, 0.1) is 4.77 Å². The van der Waals surface area contributed by atoms with Gasteiger partial charge in [-0.3, -0.25) is 9.97 Å². The average molecular weight is 200 g/mol. The van der Waals surface area contributed by atoms with E-state index in [2.05, 4.69) is 15.0 Å². The minimum atomic E-state index is -0.318. The van der Waals surface area contributed by atoms with Crippen LogP contribution in [0.5, 0.6) is 0 Å². The molecule has 0 fully saturated rings. The van der Waals surface area contributed by atoms with Crippen molar-refractivity contribution >= 4 is 18.2 Å². The van der Waals surface area contributed by atoms with Gasteiger partial charge >= 0.3 is 5.69 Å². The lowest BCUT2D eigenvalue weighted by atomic mass is 10.5. The topological polar surface area (TPSA) is 64.8 Å². The lowest BCUT2D eigenvalue weighted by Crippen LogP contribution is -2.27. The molecule has 0 saturated carbocycles. The Morgan fingerprint density at radius 1 is 1.38 bits per heavy atom. The molecule has 1 aromatic rings. The molecule has 0 atom stereocenters. The lowest BCUT2D eigenvalue weighted by molar-refractivity contribution is 0.797. The number of nitrogens with zero attached hydrogens (tertiary/aromatic N) is 2. The first kappa shape index (κ1) is 9.91. The largest absolute Gasteiger partial charge is 0.343 e. The predicted octanol–water partition coefficient (Wildman–Crippen LogP) is 0.674. The highest BCUT2D eigenvalue weighted by Gasteiger charge is 2.03. The third-order valence-corrected chi connectivity index (χ3v) is 1.91. The zero-order valence-corrected chi connectivity index (χ0v) is 8.44. The van der Waals surface area contributed by atoms with Crippen LogP contribution in [0.4, 0.5) is 5.95 Å². The molecule has 0 aliphatic carbocycles. The van der Waals surface area contributed by atoms with Gasteiger partial charge in [-0.2, -0.15) is 4.98 Å². The fourth-order valence-corrected chi connectivity index (χ4v) is 1.23. The third kappa shape index (κ3) is 2.38. The number of H-pyrrole nitrogens is 2. The van der Waals surface area contributed by atoms with Crippen molar-refractivity contribution in [2.24, 2.45) is 0 Å². The molecule has 0 aliphatic rings. The summed E-state index contributed by atoms with van der Waals surface area (Å²) in [4.78, 5) is 21.9. The molecule has 0 spiro atoms. The van der Waals surface area contributed by atoms with E-state index in [0.29, 0.717) is 5.95 Å². The maximum atomic E-state index is 11.0. The number of hydrogen-bond acceptors (Lipinski definition) is 4. The highest BCUT2D eigenvalue weighted by Crippen LogP contribution is 2.01. The van der Waals surface area contributed by atoms with Crippen molar-refractivity contribution in [2.75, 3.05) is 18.0 Å². The van der Waals surface area contributed by atoms with Gasteiger partial charge in [-0.25, -0.2) is 4.79 Å². The lowest BCUT2D eigenvalue weighted by Gasteiger charge is -2.17. The molecule has 5 nitrogen and oxygen atoms in total. The van der Waals surface area contributed by atoms with Crippen LogP contribution < -0.4 is 10.6 Å². The Morgan fingerprint density at radius 2 is 2.00 bits per heavy atom. The molecule has 0 amide bonds. The maximum absolute atomic E-state index is 11.0. The standard InChI is InChI=1S/C7H12N4OS/c1-3-11(4-2)5-8-6(12)10-7(13)9-5/h3-4H2,1-2H3,(H2,8,9,10,12,13). The summed E-state index contributed by atoms with van der Waals surface area (Å²) >= 11 is 4.79. The van der Waals surface area contributed by atoms with Gasteiger partial charge < -0.3 is 4.90 Å². The van der Waals surface area contributed by atoms with Crippen LogP contribution in [0.15, 0.2) is 4.79 Å². The van der Waals surface area contributed by atoms with Gasteiger partial charge in [-0.15, -0.1) is 0 Å². The Morgan fingerprint density at radius 3 is 2.46 bits per heavy atom. The Balaban J connectivity index is 3.13. The number of rotatable bonds is 3. The van der Waals surface area contributed by atoms with E-state index < -0.39 is 0 Å². The molecule has 2 N–H and O–H groups in total. The molecule has 6 heteroatoms. The van der Waals surface area contributed by atoms with E-state index in [1.165, 1.54) is 0 Å². The summed E-state index contributed by atoms with van der Waals surface area (Å²) in [5.74, 6) is 0.527. The van der Waals surface area contributed by atoms with Gasteiger partial charge in [0, 0.05) is 13.1 Å². The summed E-state index contributed by atoms with van der Waals surface area (Å²) in [5.41, 5.74) is -0.318. The molecular weight excluding hydrogens is 188 g/mol. The summed E-state index contributed by atoms with van der Waals surface area (Å²) in [7, 11) is 0. The highest BCUT2D eigenvalue weighted by atomic mass is 32.1. The second-order valence-electron chi connectivity index (χ2n) is 2.49. The van der Waals surface area contributed by atoms with Crippen LogP contribution in [0.1, 0.15) is 13.8 Å². The van der Waals surface area contributed by atoms with Gasteiger partial charge in [0.25, 0.3) is 0 Å². The van der Waals surface area contributed by atoms with Crippen molar-refractivity contribution in [3.8, 4) is 0 Å². The van der Waals surface area contributed by atoms with Gasteiger partial charge in [0.05, 0.1) is 0 Å². The molecular formula is C7H12N4OS. The van der Waals surface area contributed by atoms with Crippen LogP contribution in [0.25, 0.3) is 0 Å². The first-order chi connectivity index (χ1) is 6.17. The Hall–Kier alpha value is -1.17. The SMILES string of the molecule is CCN(CC)c1nc(=S)[nH]c(=O)[nH]1. The van der Waals surface area contributed by atoms with E-state index in [1.54, 1.807) is 0 Å². The number of anilines is 1. The van der Waals surface area contributed by atoms with Gasteiger partial charge in [-0.05, 0) is 26.1 Å². The third-order valence-electron chi connectivity index (χ3n) is 1.72. The van der Waals surface area contributed by atoms with Crippen molar-refractivity contribution in [3.05, 3.63) is 15.3 Å². The molecule has 0 aliphatic heterocycles. The van der Waals surface area contributed by atoms with E-state index in [4.69, 9.17) is 12.2 Å². The van der Waals surface area contributed by atoms with Gasteiger partial charge in [0.1, 0.15) is 0 Å². The zero-order chi connectivity index (χ0) is 9.84. The Labute approximate surface area is 80.8 Å². The first-order valence-corrected chi connectivity index (χ1v) is 4.53. The summed E-state index contributed by atoms with van der Waals surface area (Å²) in [6, 6.07) is 0. The summed E-state index contributed by atoms with van der Waals surface area (Å²) < 4.78 is 0.214. The fraction of sp³-hybridized carbons (Fsp3) is 0.571. The number of aromatic nitrogens is 3. The fourth-order valence-electron chi connectivity index (χ4n) is 1.05. The second-order valence-corrected chi connectivity index (χ2v) is 2.88. The summed E-state index contributed by atoms with van der Waals surface area (Å²) in [6.07, 6.45) is 0. The average Bonchev–Trinajstić information content (AvgIpc) is 2.04. The molecule has 13 heavy (non-hydrogen) atoms. The van der Waals surface area contributed by atoms with E-state index in [1.807, 2.05) is 18.7 Å².